The van der Waals surface area contributed by atoms with Crippen molar-refractivity contribution >= 4 is 23.8 Å². The van der Waals surface area contributed by atoms with Crippen LogP contribution in [0.4, 0.5) is 4.79 Å². The number of alkyl carbamates (subject to hydrolysis) is 1. The van der Waals surface area contributed by atoms with Gasteiger partial charge >= 0.3 is 12.1 Å². The van der Waals surface area contributed by atoms with Gasteiger partial charge in [0, 0.05) is 5.75 Å². The zero-order valence-corrected chi connectivity index (χ0v) is 18.4. The van der Waals surface area contributed by atoms with E-state index >= 15 is 0 Å². The lowest BCUT2D eigenvalue weighted by atomic mass is 9.92. The van der Waals surface area contributed by atoms with Crippen LogP contribution < -0.4 is 5.32 Å². The number of thioether (sulfide) groups is 1. The first kappa shape index (κ1) is 22.8. The van der Waals surface area contributed by atoms with Crippen LogP contribution in [0.2, 0.25) is 0 Å². The van der Waals surface area contributed by atoms with Crippen molar-refractivity contribution in [3.8, 4) is 0 Å². The minimum Gasteiger partial charge on any atom is -0.479 e. The molecule has 0 bridgehead atoms. The maximum absolute atomic E-state index is 12.4. The van der Waals surface area contributed by atoms with Crippen LogP contribution in [-0.2, 0) is 15.3 Å². The van der Waals surface area contributed by atoms with Gasteiger partial charge in [0.2, 0.25) is 0 Å². The second kappa shape index (κ2) is 9.35. The normalized spacial score (nSPS) is 14.5. The third-order valence-electron chi connectivity index (χ3n) is 4.37. The fraction of sp³-hybridized carbons (Fsp3) is 0.391. The molecule has 2 aromatic rings. The third kappa shape index (κ3) is 6.53. The number of rotatable bonds is 7. The average molecular weight is 416 g/mol. The molecule has 29 heavy (non-hydrogen) atoms. The van der Waals surface area contributed by atoms with Crippen LogP contribution in [0.3, 0.4) is 0 Å². The molecular weight excluding hydrogens is 386 g/mol. The van der Waals surface area contributed by atoms with E-state index in [-0.39, 0.29) is 0 Å². The van der Waals surface area contributed by atoms with Gasteiger partial charge in [0.25, 0.3) is 0 Å². The van der Waals surface area contributed by atoms with E-state index in [1.165, 1.54) is 24.2 Å². The highest BCUT2D eigenvalue weighted by atomic mass is 32.2. The number of ether oxygens (including phenoxy) is 1. The number of nitrogens with one attached hydrogen (secondary N) is 1. The van der Waals surface area contributed by atoms with E-state index in [9.17, 15) is 14.7 Å². The molecule has 2 N–H and O–H groups in total. The molecule has 2 atom stereocenters. The summed E-state index contributed by atoms with van der Waals surface area (Å²) in [5.74, 6) is -0.507. The molecular formula is C23H29NO4S. The fourth-order valence-electron chi connectivity index (χ4n) is 2.83. The summed E-state index contributed by atoms with van der Waals surface area (Å²) in [4.78, 5) is 24.7. The molecule has 0 aliphatic heterocycles. The van der Waals surface area contributed by atoms with Gasteiger partial charge in [0.1, 0.15) is 5.60 Å². The highest BCUT2D eigenvalue weighted by Crippen LogP contribution is 2.41. The lowest BCUT2D eigenvalue weighted by Crippen LogP contribution is -2.56. The van der Waals surface area contributed by atoms with Crippen molar-refractivity contribution in [3.05, 3.63) is 71.3 Å². The quantitative estimate of drug-likeness (QED) is 0.639. The molecule has 0 saturated carbocycles. The van der Waals surface area contributed by atoms with E-state index in [1.54, 1.807) is 20.8 Å². The van der Waals surface area contributed by atoms with E-state index in [0.717, 1.165) is 11.1 Å². The van der Waals surface area contributed by atoms with Crippen LogP contribution in [0.15, 0.2) is 54.6 Å². The summed E-state index contributed by atoms with van der Waals surface area (Å²) in [6, 6.07) is 17.5. The van der Waals surface area contributed by atoms with E-state index < -0.39 is 28.5 Å². The van der Waals surface area contributed by atoms with Gasteiger partial charge in [-0.25, -0.2) is 9.59 Å². The Morgan fingerprint density at radius 2 is 1.62 bits per heavy atom. The molecule has 0 radical (unpaired) electrons. The average Bonchev–Trinajstić information content (AvgIpc) is 2.62. The second-order valence-corrected chi connectivity index (χ2v) is 9.32. The second-order valence-electron chi connectivity index (χ2n) is 8.22. The molecule has 0 unspecified atom stereocenters. The number of hydrogen-bond acceptors (Lipinski definition) is 4. The SMILES string of the molecule is Cc1ccc(CS[C@H](c2ccccc2)[C@](C)(NC(=O)OC(C)(C)C)C(=O)O)cc1. The number of carboxylic acid groups (broad SMARTS) is 1. The molecule has 6 heteroatoms. The Kier molecular flexibility index (Phi) is 7.36. The summed E-state index contributed by atoms with van der Waals surface area (Å²) in [6.45, 7) is 8.78. The first-order chi connectivity index (χ1) is 13.5. The summed E-state index contributed by atoms with van der Waals surface area (Å²) in [5, 5.41) is 12.2. The predicted molar refractivity (Wildman–Crippen MR) is 117 cm³/mol. The number of carboxylic acids is 1. The Bertz CT molecular complexity index is 830. The van der Waals surface area contributed by atoms with Crippen molar-refractivity contribution in [1.82, 2.24) is 5.32 Å². The Labute approximate surface area is 176 Å². The summed E-state index contributed by atoms with van der Waals surface area (Å²) < 4.78 is 5.32. The maximum atomic E-state index is 12.4. The summed E-state index contributed by atoms with van der Waals surface area (Å²) >= 11 is 1.48. The van der Waals surface area contributed by atoms with Crippen LogP contribution in [0.5, 0.6) is 0 Å². The van der Waals surface area contributed by atoms with Crippen molar-refractivity contribution in [3.63, 3.8) is 0 Å². The van der Waals surface area contributed by atoms with Crippen molar-refractivity contribution in [2.75, 3.05) is 0 Å². The van der Waals surface area contributed by atoms with Gasteiger partial charge in [-0.2, -0.15) is 0 Å². The third-order valence-corrected chi connectivity index (χ3v) is 5.95. The minimum absolute atomic E-state index is 0.518. The van der Waals surface area contributed by atoms with Gasteiger partial charge in [-0.3, -0.25) is 0 Å². The Hall–Kier alpha value is -2.47. The van der Waals surface area contributed by atoms with Crippen LogP contribution in [0, 0.1) is 6.92 Å². The van der Waals surface area contributed by atoms with Gasteiger partial charge in [-0.1, -0.05) is 60.2 Å². The van der Waals surface area contributed by atoms with Gasteiger partial charge < -0.3 is 15.2 Å². The lowest BCUT2D eigenvalue weighted by Gasteiger charge is -2.35. The molecule has 0 heterocycles. The number of hydrogen-bond donors (Lipinski definition) is 2. The molecule has 0 aromatic heterocycles. The first-order valence-corrected chi connectivity index (χ1v) is 10.5. The van der Waals surface area contributed by atoms with E-state index in [1.807, 2.05) is 61.5 Å². The first-order valence-electron chi connectivity index (χ1n) is 9.48. The number of benzene rings is 2. The van der Waals surface area contributed by atoms with Crippen LogP contribution in [-0.4, -0.2) is 28.3 Å². The zero-order chi connectivity index (χ0) is 21.7. The van der Waals surface area contributed by atoms with Crippen molar-refractivity contribution in [2.24, 2.45) is 0 Å². The Morgan fingerprint density at radius 1 is 1.03 bits per heavy atom. The standard InChI is InChI=1S/C23H29NO4S/c1-16-11-13-17(14-12-16)15-29-19(18-9-7-6-8-10-18)23(5,20(25)26)24-21(27)28-22(2,3)4/h6-14,19H,15H2,1-5H3,(H,24,27)(H,25,26)/t19-,23+/m1/s1. The van der Waals surface area contributed by atoms with Crippen LogP contribution >= 0.6 is 11.8 Å². The minimum atomic E-state index is -1.56. The van der Waals surface area contributed by atoms with Gasteiger partial charge in [-0.05, 0) is 45.7 Å². The topological polar surface area (TPSA) is 75.6 Å². The van der Waals surface area contributed by atoms with Crippen molar-refractivity contribution in [1.29, 1.82) is 0 Å². The zero-order valence-electron chi connectivity index (χ0n) is 17.6. The summed E-state index contributed by atoms with van der Waals surface area (Å²) in [7, 11) is 0. The van der Waals surface area contributed by atoms with Gasteiger partial charge in [0.05, 0.1) is 5.25 Å². The highest BCUT2D eigenvalue weighted by Gasteiger charge is 2.45. The number of aliphatic carboxylic acids is 1. The molecule has 0 fully saturated rings. The molecule has 5 nitrogen and oxygen atoms in total. The Morgan fingerprint density at radius 3 is 2.14 bits per heavy atom. The van der Waals surface area contributed by atoms with Crippen molar-refractivity contribution in [2.45, 2.75) is 56.8 Å². The predicted octanol–water partition coefficient (Wildman–Crippen LogP) is 5.34. The summed E-state index contributed by atoms with van der Waals surface area (Å²) in [5.41, 5.74) is 0.803. The van der Waals surface area contributed by atoms with E-state index in [0.29, 0.717) is 5.75 Å². The molecule has 2 rings (SSSR count). The van der Waals surface area contributed by atoms with Crippen LogP contribution in [0.1, 0.15) is 49.6 Å². The molecule has 2 aromatic carbocycles. The largest absolute Gasteiger partial charge is 0.479 e. The highest BCUT2D eigenvalue weighted by molar-refractivity contribution is 7.98. The van der Waals surface area contributed by atoms with E-state index in [2.05, 4.69) is 5.32 Å². The molecule has 1 amide bonds. The van der Waals surface area contributed by atoms with Gasteiger partial charge in [0.15, 0.2) is 5.54 Å². The number of aryl methyl sites for hydroxylation is 1. The molecule has 0 aliphatic carbocycles. The molecule has 0 saturated heterocycles. The smallest absolute Gasteiger partial charge is 0.408 e. The number of carbonyl (C=O) groups is 2. The lowest BCUT2D eigenvalue weighted by molar-refractivity contribution is -0.144. The molecule has 156 valence electrons. The molecule has 0 aliphatic rings. The maximum Gasteiger partial charge on any atom is 0.408 e. The monoisotopic (exact) mass is 415 g/mol. The van der Waals surface area contributed by atoms with Crippen molar-refractivity contribution < 1.29 is 19.4 Å². The fourth-order valence-corrected chi connectivity index (χ4v) is 4.23. The number of carbonyl (C=O) groups excluding carboxylic acids is 1. The Balaban J connectivity index is 2.33. The van der Waals surface area contributed by atoms with Gasteiger partial charge in [-0.15, -0.1) is 11.8 Å². The number of amides is 1. The van der Waals surface area contributed by atoms with E-state index in [4.69, 9.17) is 4.74 Å². The molecule has 0 spiro atoms. The summed E-state index contributed by atoms with van der Waals surface area (Å²) in [6.07, 6.45) is -0.751. The van der Waals surface area contributed by atoms with Crippen LogP contribution in [0.25, 0.3) is 0 Å².